The fourth-order valence-corrected chi connectivity index (χ4v) is 3.03. The van der Waals surface area contributed by atoms with E-state index in [1.165, 1.54) is 19.9 Å². The highest BCUT2D eigenvalue weighted by atomic mass is 16.5. The first-order valence-electron chi connectivity index (χ1n) is 7.93. The van der Waals surface area contributed by atoms with Crippen LogP contribution in [0.2, 0.25) is 0 Å². The maximum atomic E-state index is 6.00. The van der Waals surface area contributed by atoms with Gasteiger partial charge in [0.05, 0.1) is 6.04 Å². The Morgan fingerprint density at radius 3 is 2.32 bits per heavy atom. The molecule has 3 rings (SSSR count). The van der Waals surface area contributed by atoms with Crippen molar-refractivity contribution in [1.82, 2.24) is 9.97 Å². The summed E-state index contributed by atoms with van der Waals surface area (Å²) in [6.45, 7) is 7.10. The Labute approximate surface area is 132 Å². The van der Waals surface area contributed by atoms with Crippen LogP contribution >= 0.6 is 0 Å². The van der Waals surface area contributed by atoms with Crippen molar-refractivity contribution in [2.45, 2.75) is 32.7 Å². The van der Waals surface area contributed by atoms with Gasteiger partial charge in [-0.25, -0.2) is 0 Å². The van der Waals surface area contributed by atoms with Gasteiger partial charge >= 0.3 is 0 Å². The largest absolute Gasteiger partial charge is 0.484 e. The van der Waals surface area contributed by atoms with Crippen molar-refractivity contribution in [1.29, 1.82) is 0 Å². The van der Waals surface area contributed by atoms with Gasteiger partial charge in [0.2, 0.25) is 11.7 Å². The van der Waals surface area contributed by atoms with Crippen molar-refractivity contribution < 1.29 is 4.74 Å². The Hall–Kier alpha value is -1.76. The molecule has 0 aliphatic carbocycles. The normalized spacial score (nSPS) is 20.4. The lowest BCUT2D eigenvalue weighted by atomic mass is 10.0. The lowest BCUT2D eigenvalue weighted by Gasteiger charge is -2.38. The Kier molecular flexibility index (Phi) is 5.28. The lowest BCUT2D eigenvalue weighted by molar-refractivity contribution is 0.234. The van der Waals surface area contributed by atoms with E-state index in [9.17, 15) is 0 Å². The topological polar surface area (TPSA) is 93.5 Å². The maximum absolute atomic E-state index is 6.00. The van der Waals surface area contributed by atoms with Crippen LogP contribution in [-0.4, -0.2) is 49.8 Å². The zero-order chi connectivity index (χ0) is 16.3. The number of nitrogens with zero attached hydrogens (tertiary/aromatic N) is 4. The van der Waals surface area contributed by atoms with Crippen molar-refractivity contribution >= 4 is 17.6 Å². The van der Waals surface area contributed by atoms with Gasteiger partial charge < -0.3 is 26.0 Å². The average molecular weight is 308 g/mol. The van der Waals surface area contributed by atoms with E-state index in [1.54, 1.807) is 0 Å². The number of anilines is 3. The minimum absolute atomic E-state index is 0.322. The second-order valence-corrected chi connectivity index (χ2v) is 5.99. The fourth-order valence-electron chi connectivity index (χ4n) is 3.03. The molecule has 7 heteroatoms. The zero-order valence-corrected chi connectivity index (χ0v) is 14.0. The number of nitrogen functional groups attached to an aromatic ring is 1. The highest BCUT2D eigenvalue weighted by Gasteiger charge is 2.33. The van der Waals surface area contributed by atoms with Gasteiger partial charge in [0.15, 0.2) is 11.6 Å². The molecule has 0 amide bonds. The summed E-state index contributed by atoms with van der Waals surface area (Å²) in [6.07, 6.45) is 2.40. The zero-order valence-electron chi connectivity index (χ0n) is 14.0. The van der Waals surface area contributed by atoms with Gasteiger partial charge in [-0.1, -0.05) is 13.8 Å². The van der Waals surface area contributed by atoms with Crippen LogP contribution in [0.4, 0.5) is 17.6 Å². The first kappa shape index (κ1) is 16.6. The molecule has 1 atom stereocenters. The molecule has 1 saturated heterocycles. The first-order valence-corrected chi connectivity index (χ1v) is 7.93. The van der Waals surface area contributed by atoms with Crippen LogP contribution in [0.5, 0.6) is 5.75 Å². The van der Waals surface area contributed by atoms with Gasteiger partial charge in [0.1, 0.15) is 6.61 Å². The number of fused-ring (bicyclic) bond motifs is 1. The van der Waals surface area contributed by atoms with E-state index in [4.69, 9.17) is 10.5 Å². The number of hydrogen-bond acceptors (Lipinski definition) is 7. The summed E-state index contributed by atoms with van der Waals surface area (Å²) < 4.78 is 6.00. The van der Waals surface area contributed by atoms with Crippen molar-refractivity contribution in [3.63, 3.8) is 0 Å². The number of ether oxygens (including phenoxy) is 1. The Morgan fingerprint density at radius 2 is 1.73 bits per heavy atom. The molecule has 0 radical (unpaired) electrons. The van der Waals surface area contributed by atoms with E-state index in [0.717, 1.165) is 30.5 Å². The van der Waals surface area contributed by atoms with Gasteiger partial charge in [-0.05, 0) is 25.8 Å². The summed E-state index contributed by atoms with van der Waals surface area (Å²) >= 11 is 0. The van der Waals surface area contributed by atoms with Crippen LogP contribution < -0.4 is 26.0 Å². The molecule has 0 aromatic carbocycles. The Morgan fingerprint density at radius 1 is 1.14 bits per heavy atom. The van der Waals surface area contributed by atoms with Crippen LogP contribution in [0, 0.1) is 5.92 Å². The standard InChI is InChI=1S/C14H23N5O.CH5N/c1-9(2)10-8-20-11-12(18(10)3)16-14(15)17-13(11)19-6-4-5-7-19;1-2/h9-10H,4-8H2,1-3H3,(H2,15,16,17);2H2,1H3. The summed E-state index contributed by atoms with van der Waals surface area (Å²) in [7, 11) is 3.56. The predicted octanol–water partition coefficient (Wildman–Crippen LogP) is 1.09. The van der Waals surface area contributed by atoms with Crippen LogP contribution in [0.3, 0.4) is 0 Å². The number of rotatable bonds is 2. The number of likely N-dealkylation sites (N-methyl/N-ethyl adjacent to an activating group) is 1. The third-order valence-corrected chi connectivity index (χ3v) is 4.25. The quantitative estimate of drug-likeness (QED) is 0.844. The van der Waals surface area contributed by atoms with E-state index in [-0.39, 0.29) is 0 Å². The molecule has 1 aromatic rings. The minimum Gasteiger partial charge on any atom is -0.484 e. The molecule has 1 fully saturated rings. The minimum atomic E-state index is 0.322. The van der Waals surface area contributed by atoms with E-state index < -0.39 is 0 Å². The van der Waals surface area contributed by atoms with Gasteiger partial charge in [0, 0.05) is 20.1 Å². The maximum Gasteiger partial charge on any atom is 0.224 e. The van der Waals surface area contributed by atoms with E-state index in [2.05, 4.69) is 46.4 Å². The van der Waals surface area contributed by atoms with Crippen LogP contribution in [0.1, 0.15) is 26.7 Å². The summed E-state index contributed by atoms with van der Waals surface area (Å²) in [5, 5.41) is 0. The van der Waals surface area contributed by atoms with Gasteiger partial charge in [-0.2, -0.15) is 9.97 Å². The summed E-state index contributed by atoms with van der Waals surface area (Å²) in [6, 6.07) is 0.322. The second-order valence-electron chi connectivity index (χ2n) is 5.99. The van der Waals surface area contributed by atoms with Crippen molar-refractivity contribution in [3.05, 3.63) is 0 Å². The molecule has 2 aliphatic heterocycles. The third-order valence-electron chi connectivity index (χ3n) is 4.25. The van der Waals surface area contributed by atoms with E-state index in [0.29, 0.717) is 24.5 Å². The highest BCUT2D eigenvalue weighted by molar-refractivity contribution is 5.69. The predicted molar refractivity (Wildman–Crippen MR) is 90.5 cm³/mol. The molecule has 0 bridgehead atoms. The van der Waals surface area contributed by atoms with Crippen LogP contribution in [0.15, 0.2) is 0 Å². The molecule has 0 saturated carbocycles. The summed E-state index contributed by atoms with van der Waals surface area (Å²) in [5.74, 6) is 3.30. The first-order chi connectivity index (χ1) is 10.6. The molecule has 7 nitrogen and oxygen atoms in total. The SMILES string of the molecule is CC(C)C1COc2c(N3CCCC3)nc(N)nc2N1C.CN. The highest BCUT2D eigenvalue weighted by Crippen LogP contribution is 2.41. The second kappa shape index (κ2) is 7.00. The molecular weight excluding hydrogens is 280 g/mol. The monoisotopic (exact) mass is 308 g/mol. The molecule has 3 heterocycles. The van der Waals surface area contributed by atoms with Crippen molar-refractivity contribution in [3.8, 4) is 5.75 Å². The molecule has 22 heavy (non-hydrogen) atoms. The Bertz CT molecular complexity index is 501. The van der Waals surface area contributed by atoms with E-state index in [1.807, 2.05) is 0 Å². The van der Waals surface area contributed by atoms with Crippen LogP contribution in [-0.2, 0) is 0 Å². The summed E-state index contributed by atoms with van der Waals surface area (Å²) in [4.78, 5) is 13.2. The van der Waals surface area contributed by atoms with Gasteiger partial charge in [-0.3, -0.25) is 0 Å². The Balaban J connectivity index is 0.000000847. The van der Waals surface area contributed by atoms with Gasteiger partial charge in [0.25, 0.3) is 0 Å². The van der Waals surface area contributed by atoms with Crippen molar-refractivity contribution in [2.75, 3.05) is 49.3 Å². The smallest absolute Gasteiger partial charge is 0.224 e. The number of nitrogens with two attached hydrogens (primary N) is 2. The fraction of sp³-hybridized carbons (Fsp3) is 0.733. The van der Waals surface area contributed by atoms with E-state index >= 15 is 0 Å². The summed E-state index contributed by atoms with van der Waals surface area (Å²) in [5.41, 5.74) is 10.4. The number of aromatic nitrogens is 2. The lowest BCUT2D eigenvalue weighted by Crippen LogP contribution is -2.45. The molecule has 2 aliphatic rings. The number of hydrogen-bond donors (Lipinski definition) is 2. The van der Waals surface area contributed by atoms with Gasteiger partial charge in [-0.15, -0.1) is 0 Å². The third kappa shape index (κ3) is 3.04. The average Bonchev–Trinajstić information content (AvgIpc) is 3.03. The molecule has 1 unspecified atom stereocenters. The molecular formula is C15H28N6O. The van der Waals surface area contributed by atoms with Crippen LogP contribution in [0.25, 0.3) is 0 Å². The molecule has 1 aromatic heterocycles. The molecule has 124 valence electrons. The molecule has 0 spiro atoms. The molecule has 4 N–H and O–H groups in total. The van der Waals surface area contributed by atoms with Crippen molar-refractivity contribution in [2.24, 2.45) is 11.7 Å².